The predicted molar refractivity (Wildman–Crippen MR) is 133 cm³/mol. The van der Waals surface area contributed by atoms with Gasteiger partial charge in [0, 0.05) is 38.8 Å². The van der Waals surface area contributed by atoms with Gasteiger partial charge in [0.25, 0.3) is 0 Å². The molecule has 2 N–H and O–H groups in total. The molecule has 0 aliphatic carbocycles. The van der Waals surface area contributed by atoms with Crippen molar-refractivity contribution in [1.82, 2.24) is 15.3 Å². The van der Waals surface area contributed by atoms with E-state index in [0.717, 1.165) is 49.3 Å². The van der Waals surface area contributed by atoms with Gasteiger partial charge in [-0.2, -0.15) is 9.97 Å². The highest BCUT2D eigenvalue weighted by Crippen LogP contribution is 2.28. The van der Waals surface area contributed by atoms with Crippen LogP contribution in [0.3, 0.4) is 0 Å². The lowest BCUT2D eigenvalue weighted by Crippen LogP contribution is -2.37. The Morgan fingerprint density at radius 1 is 1.00 bits per heavy atom. The van der Waals surface area contributed by atoms with E-state index in [-0.39, 0.29) is 5.82 Å². The first kappa shape index (κ1) is 22.7. The van der Waals surface area contributed by atoms with E-state index < -0.39 is 0 Å². The van der Waals surface area contributed by atoms with Gasteiger partial charge >= 0.3 is 0 Å². The molecule has 0 radical (unpaired) electrons. The fraction of sp³-hybridized carbons (Fsp3) is 0.542. The third-order valence-electron chi connectivity index (χ3n) is 6.38. The Kier molecular flexibility index (Phi) is 7.40. The van der Waals surface area contributed by atoms with Gasteiger partial charge in [0.15, 0.2) is 5.11 Å². The monoisotopic (exact) mass is 456 g/mol. The maximum atomic E-state index is 13.1. The van der Waals surface area contributed by atoms with E-state index in [1.807, 2.05) is 0 Å². The summed E-state index contributed by atoms with van der Waals surface area (Å²) in [5, 5.41) is 6.80. The van der Waals surface area contributed by atoms with Crippen molar-refractivity contribution < 1.29 is 4.39 Å². The molecule has 6 nitrogen and oxygen atoms in total. The third kappa shape index (κ3) is 6.06. The van der Waals surface area contributed by atoms with Crippen molar-refractivity contribution in [2.75, 3.05) is 41.3 Å². The van der Waals surface area contributed by atoms with Crippen molar-refractivity contribution in [2.24, 2.45) is 11.8 Å². The zero-order chi connectivity index (χ0) is 22.5. The van der Waals surface area contributed by atoms with E-state index in [4.69, 9.17) is 22.2 Å². The maximum Gasteiger partial charge on any atom is 0.232 e. The first-order valence-electron chi connectivity index (χ1n) is 11.6. The highest BCUT2D eigenvalue weighted by atomic mass is 32.1. The van der Waals surface area contributed by atoms with E-state index >= 15 is 0 Å². The number of aromatic nitrogens is 2. The first-order chi connectivity index (χ1) is 15.5. The van der Waals surface area contributed by atoms with Gasteiger partial charge in [-0.05, 0) is 67.4 Å². The van der Waals surface area contributed by atoms with Crippen LogP contribution in [0.2, 0.25) is 0 Å². The van der Waals surface area contributed by atoms with Gasteiger partial charge in [-0.15, -0.1) is 0 Å². The Morgan fingerprint density at radius 3 is 2.38 bits per heavy atom. The molecule has 2 fully saturated rings. The molecular weight excluding hydrogens is 423 g/mol. The van der Waals surface area contributed by atoms with Crippen LogP contribution in [0.15, 0.2) is 30.3 Å². The zero-order valence-corrected chi connectivity index (χ0v) is 19.8. The number of piperidine rings is 2. The van der Waals surface area contributed by atoms with Crippen molar-refractivity contribution in [3.8, 4) is 0 Å². The van der Waals surface area contributed by atoms with Crippen molar-refractivity contribution in [2.45, 2.75) is 46.1 Å². The quantitative estimate of drug-likeness (QED) is 0.639. The average Bonchev–Trinajstić information content (AvgIpc) is 2.79. The van der Waals surface area contributed by atoms with Gasteiger partial charge in [0.1, 0.15) is 17.5 Å². The highest BCUT2D eigenvalue weighted by Gasteiger charge is 2.22. The molecule has 0 amide bonds. The van der Waals surface area contributed by atoms with Gasteiger partial charge in [0.2, 0.25) is 5.95 Å². The molecule has 3 heterocycles. The largest absolute Gasteiger partial charge is 0.358 e. The summed E-state index contributed by atoms with van der Waals surface area (Å²) in [6.07, 6.45) is 4.81. The predicted octanol–water partition coefficient (Wildman–Crippen LogP) is 4.57. The summed E-state index contributed by atoms with van der Waals surface area (Å²) in [7, 11) is 0. The number of hydrogen-bond donors (Lipinski definition) is 2. The number of nitrogens with one attached hydrogen (secondary N) is 2. The molecule has 1 aromatic carbocycles. The van der Waals surface area contributed by atoms with Gasteiger partial charge in [-0.3, -0.25) is 0 Å². The molecular formula is C24H33FN6S. The van der Waals surface area contributed by atoms with E-state index in [9.17, 15) is 4.39 Å². The number of halogens is 1. The molecule has 1 atom stereocenters. The zero-order valence-electron chi connectivity index (χ0n) is 19.0. The molecule has 2 aliphatic rings. The second-order valence-electron chi connectivity index (χ2n) is 9.21. The van der Waals surface area contributed by atoms with E-state index in [1.54, 1.807) is 12.1 Å². The van der Waals surface area contributed by atoms with Crippen LogP contribution in [-0.4, -0.2) is 41.3 Å². The number of thiocarbonyl (C=S) groups is 1. The van der Waals surface area contributed by atoms with E-state index in [0.29, 0.717) is 23.5 Å². The average molecular weight is 457 g/mol. The number of anilines is 3. The SMILES string of the molecule is CC1CCN(c2cc(N3CCC[C@H](C)C3)nc(NC(=S)NCc3ccc(F)cc3)n2)CC1. The molecule has 2 saturated heterocycles. The minimum absolute atomic E-state index is 0.244. The fourth-order valence-electron chi connectivity index (χ4n) is 4.37. The third-order valence-corrected chi connectivity index (χ3v) is 6.63. The summed E-state index contributed by atoms with van der Waals surface area (Å²) in [5.41, 5.74) is 0.954. The standard InChI is InChI=1S/C24H33FN6S/c1-17-9-12-30(13-10-17)21-14-22(31-11-3-4-18(2)16-31)28-23(27-21)29-24(32)26-15-19-5-7-20(25)8-6-19/h5-8,14,17-18H,3-4,9-13,15-16H2,1-2H3,(H2,26,27,28,29,32)/t18-/m0/s1. The molecule has 172 valence electrons. The molecule has 2 aromatic rings. The van der Waals surface area contributed by atoms with Crippen LogP contribution >= 0.6 is 12.2 Å². The number of hydrogen-bond acceptors (Lipinski definition) is 5. The molecule has 0 unspecified atom stereocenters. The van der Waals surface area contributed by atoms with Crippen LogP contribution in [0.4, 0.5) is 22.0 Å². The molecule has 2 aliphatic heterocycles. The van der Waals surface area contributed by atoms with Crippen molar-refractivity contribution in [3.63, 3.8) is 0 Å². The molecule has 0 saturated carbocycles. The molecule has 0 bridgehead atoms. The Balaban J connectivity index is 1.48. The molecule has 0 spiro atoms. The van der Waals surface area contributed by atoms with E-state index in [2.05, 4.69) is 40.3 Å². The lowest BCUT2D eigenvalue weighted by molar-refractivity contribution is 0.435. The molecule has 32 heavy (non-hydrogen) atoms. The van der Waals surface area contributed by atoms with Crippen LogP contribution < -0.4 is 20.4 Å². The maximum absolute atomic E-state index is 13.1. The lowest BCUT2D eigenvalue weighted by Gasteiger charge is -2.34. The summed E-state index contributed by atoms with van der Waals surface area (Å²) in [4.78, 5) is 14.3. The molecule has 8 heteroatoms. The fourth-order valence-corrected chi connectivity index (χ4v) is 4.53. The van der Waals surface area contributed by atoms with Crippen molar-refractivity contribution >= 4 is 34.9 Å². The van der Waals surface area contributed by atoms with Crippen LogP contribution in [0.25, 0.3) is 0 Å². The van der Waals surface area contributed by atoms with Crippen molar-refractivity contribution in [3.05, 3.63) is 41.7 Å². The minimum Gasteiger partial charge on any atom is -0.358 e. The smallest absolute Gasteiger partial charge is 0.232 e. The minimum atomic E-state index is -0.244. The van der Waals surface area contributed by atoms with Crippen LogP contribution in [0.1, 0.15) is 45.1 Å². The Hall–Kier alpha value is -2.48. The van der Waals surface area contributed by atoms with Crippen LogP contribution in [0, 0.1) is 17.7 Å². The molecule has 1 aromatic heterocycles. The Morgan fingerprint density at radius 2 is 1.69 bits per heavy atom. The number of benzene rings is 1. The molecule has 4 rings (SSSR count). The summed E-state index contributed by atoms with van der Waals surface area (Å²) in [6.45, 7) is 9.18. The number of nitrogens with zero attached hydrogens (tertiary/aromatic N) is 4. The first-order valence-corrected chi connectivity index (χ1v) is 12.1. The second kappa shape index (κ2) is 10.4. The summed E-state index contributed by atoms with van der Waals surface area (Å²) >= 11 is 5.49. The number of rotatable bonds is 5. The second-order valence-corrected chi connectivity index (χ2v) is 9.61. The topological polar surface area (TPSA) is 56.3 Å². The van der Waals surface area contributed by atoms with Gasteiger partial charge in [0.05, 0.1) is 0 Å². The lowest BCUT2D eigenvalue weighted by atomic mass is 9.99. The highest BCUT2D eigenvalue weighted by molar-refractivity contribution is 7.80. The van der Waals surface area contributed by atoms with Crippen molar-refractivity contribution in [1.29, 1.82) is 0 Å². The summed E-state index contributed by atoms with van der Waals surface area (Å²) in [6, 6.07) is 8.52. The van der Waals surface area contributed by atoms with Crippen LogP contribution in [-0.2, 0) is 6.54 Å². The Labute approximate surface area is 195 Å². The van der Waals surface area contributed by atoms with Gasteiger partial charge in [-0.25, -0.2) is 4.39 Å². The van der Waals surface area contributed by atoms with Gasteiger partial charge < -0.3 is 20.4 Å². The summed E-state index contributed by atoms with van der Waals surface area (Å²) < 4.78 is 13.1. The van der Waals surface area contributed by atoms with E-state index in [1.165, 1.54) is 37.8 Å². The van der Waals surface area contributed by atoms with Crippen LogP contribution in [0.5, 0.6) is 0 Å². The normalized spacial score (nSPS) is 19.7. The Bertz CT molecular complexity index is 913. The summed E-state index contributed by atoms with van der Waals surface area (Å²) in [5.74, 6) is 3.62. The van der Waals surface area contributed by atoms with Gasteiger partial charge in [-0.1, -0.05) is 26.0 Å².